The Bertz CT molecular complexity index is 23.9. The highest BCUT2D eigenvalue weighted by Crippen LogP contribution is 1.88. The minimum absolute atomic E-state index is 0.855. The van der Waals surface area contributed by atoms with Crippen LogP contribution in [0.3, 0.4) is 0 Å². The van der Waals surface area contributed by atoms with E-state index in [0.29, 0.717) is 0 Å². The predicted octanol–water partition coefficient (Wildman–Crippen LogP) is 2.96. The maximum absolute atomic E-state index is 5.21. The highest BCUT2D eigenvalue weighted by atomic mass is 14.5. The van der Waals surface area contributed by atoms with E-state index < -0.39 is 0 Å². The monoisotopic (exact) mass is 145 g/mol. The molecule has 0 atom stereocenters. The lowest BCUT2D eigenvalue weighted by Gasteiger charge is -1.86. The third-order valence-corrected chi connectivity index (χ3v) is 0.808. The van der Waals surface area contributed by atoms with E-state index in [1.807, 2.05) is 13.8 Å². The van der Waals surface area contributed by atoms with E-state index in [0.717, 1.165) is 6.54 Å². The summed E-state index contributed by atoms with van der Waals surface area (Å²) in [6.07, 6.45) is 3.75. The first-order valence-electron chi connectivity index (χ1n) is 4.12. The van der Waals surface area contributed by atoms with Gasteiger partial charge < -0.3 is 5.73 Å². The topological polar surface area (TPSA) is 26.0 Å². The average molecular weight is 145 g/mol. The number of rotatable bonds is 3. The van der Waals surface area contributed by atoms with E-state index in [9.17, 15) is 0 Å². The molecular weight excluding hydrogens is 122 g/mol. The zero-order valence-corrected chi connectivity index (χ0v) is 7.82. The molecule has 0 fully saturated rings. The van der Waals surface area contributed by atoms with Gasteiger partial charge in [0.25, 0.3) is 0 Å². The largest absolute Gasteiger partial charge is 0.330 e. The molecule has 64 valence electrons. The van der Waals surface area contributed by atoms with Crippen LogP contribution in [-0.4, -0.2) is 6.54 Å². The fourth-order valence-electron chi connectivity index (χ4n) is 0.394. The Labute approximate surface area is 66.3 Å². The molecule has 1 nitrogen and oxygen atoms in total. The minimum Gasteiger partial charge on any atom is -0.330 e. The van der Waals surface area contributed by atoms with Crippen LogP contribution in [0.5, 0.6) is 0 Å². The zero-order valence-electron chi connectivity index (χ0n) is 7.82. The van der Waals surface area contributed by atoms with Gasteiger partial charge in [0.2, 0.25) is 0 Å². The summed E-state index contributed by atoms with van der Waals surface area (Å²) >= 11 is 0. The summed E-state index contributed by atoms with van der Waals surface area (Å²) in [6.45, 7) is 13.0. The quantitative estimate of drug-likeness (QED) is 0.479. The smallest absolute Gasteiger partial charge is 0.00773 e. The standard InChI is InChI=1S/C5H13N.C2H6.C2H4/c1-2-3-4-5-6;2*1-2/h2-6H2,1H3;1-2H3;1-2H2. The molecule has 0 radical (unpaired) electrons. The average Bonchev–Trinajstić information content (AvgIpc) is 2.08. The summed E-state index contributed by atoms with van der Waals surface area (Å²) < 4.78 is 0. The molecule has 0 aliphatic heterocycles. The van der Waals surface area contributed by atoms with Crippen LogP contribution >= 0.6 is 0 Å². The van der Waals surface area contributed by atoms with Gasteiger partial charge in [-0.2, -0.15) is 0 Å². The molecule has 0 aromatic heterocycles. The van der Waals surface area contributed by atoms with Crippen molar-refractivity contribution in [2.45, 2.75) is 40.0 Å². The van der Waals surface area contributed by atoms with Gasteiger partial charge in [-0.15, -0.1) is 13.2 Å². The lowest BCUT2D eigenvalue weighted by molar-refractivity contribution is 0.727. The molecular formula is C9H23N. The third-order valence-electron chi connectivity index (χ3n) is 0.808. The molecule has 0 spiro atoms. The van der Waals surface area contributed by atoms with Crippen molar-refractivity contribution < 1.29 is 0 Å². The molecule has 10 heavy (non-hydrogen) atoms. The van der Waals surface area contributed by atoms with Gasteiger partial charge in [0.05, 0.1) is 0 Å². The second-order valence-corrected chi connectivity index (χ2v) is 1.50. The molecule has 0 unspecified atom stereocenters. The van der Waals surface area contributed by atoms with Crippen LogP contribution in [0.2, 0.25) is 0 Å². The first-order chi connectivity index (χ1) is 4.91. The lowest BCUT2D eigenvalue weighted by Crippen LogP contribution is -1.96. The molecule has 0 saturated heterocycles. The summed E-state index contributed by atoms with van der Waals surface area (Å²) in [7, 11) is 0. The zero-order chi connectivity index (χ0) is 8.83. The van der Waals surface area contributed by atoms with Crippen LogP contribution < -0.4 is 5.73 Å². The summed E-state index contributed by atoms with van der Waals surface area (Å²) in [5.74, 6) is 0. The molecule has 0 rings (SSSR count). The lowest BCUT2D eigenvalue weighted by atomic mass is 10.3. The van der Waals surface area contributed by atoms with Crippen LogP contribution in [0.1, 0.15) is 40.0 Å². The Morgan fingerprint density at radius 2 is 1.50 bits per heavy atom. The minimum atomic E-state index is 0.855. The molecule has 0 aliphatic rings. The van der Waals surface area contributed by atoms with Crippen molar-refractivity contribution in [3.63, 3.8) is 0 Å². The number of hydrogen-bond donors (Lipinski definition) is 1. The van der Waals surface area contributed by atoms with E-state index in [4.69, 9.17) is 5.73 Å². The second-order valence-electron chi connectivity index (χ2n) is 1.50. The molecule has 0 bridgehead atoms. The van der Waals surface area contributed by atoms with Crippen molar-refractivity contribution in [2.24, 2.45) is 5.73 Å². The highest BCUT2D eigenvalue weighted by molar-refractivity contribution is 4.34. The maximum Gasteiger partial charge on any atom is -0.00773 e. The molecule has 0 saturated carbocycles. The van der Waals surface area contributed by atoms with Crippen LogP contribution in [0, 0.1) is 0 Å². The predicted molar refractivity (Wildman–Crippen MR) is 51.2 cm³/mol. The fourth-order valence-corrected chi connectivity index (χ4v) is 0.394. The Kier molecular flexibility index (Phi) is 61.6. The second kappa shape index (κ2) is 37.7. The van der Waals surface area contributed by atoms with Gasteiger partial charge in [-0.05, 0) is 13.0 Å². The van der Waals surface area contributed by atoms with Crippen molar-refractivity contribution in [2.75, 3.05) is 6.54 Å². The molecule has 0 aromatic rings. The van der Waals surface area contributed by atoms with Gasteiger partial charge in [0.1, 0.15) is 0 Å². The van der Waals surface area contributed by atoms with E-state index in [1.54, 1.807) is 0 Å². The van der Waals surface area contributed by atoms with Crippen molar-refractivity contribution in [3.05, 3.63) is 13.2 Å². The van der Waals surface area contributed by atoms with Gasteiger partial charge in [-0.3, -0.25) is 0 Å². The fraction of sp³-hybridized carbons (Fsp3) is 0.778. The molecule has 0 aliphatic carbocycles. The van der Waals surface area contributed by atoms with Gasteiger partial charge >= 0.3 is 0 Å². The molecule has 0 heterocycles. The summed E-state index contributed by atoms with van der Waals surface area (Å²) in [5, 5.41) is 0. The summed E-state index contributed by atoms with van der Waals surface area (Å²) in [5.41, 5.74) is 5.21. The van der Waals surface area contributed by atoms with Crippen molar-refractivity contribution >= 4 is 0 Å². The van der Waals surface area contributed by atoms with E-state index >= 15 is 0 Å². The normalized spacial score (nSPS) is 6.40. The molecule has 2 N–H and O–H groups in total. The molecule has 0 amide bonds. The summed E-state index contributed by atoms with van der Waals surface area (Å²) in [6, 6.07) is 0. The Morgan fingerprint density at radius 1 is 1.10 bits per heavy atom. The van der Waals surface area contributed by atoms with Crippen LogP contribution in [0.25, 0.3) is 0 Å². The summed E-state index contributed by atoms with van der Waals surface area (Å²) in [4.78, 5) is 0. The van der Waals surface area contributed by atoms with E-state index in [2.05, 4.69) is 20.1 Å². The molecule has 0 aromatic carbocycles. The third kappa shape index (κ3) is 47.4. The van der Waals surface area contributed by atoms with Gasteiger partial charge in [-0.25, -0.2) is 0 Å². The molecule has 1 heteroatoms. The van der Waals surface area contributed by atoms with Crippen LogP contribution in [-0.2, 0) is 0 Å². The van der Waals surface area contributed by atoms with Crippen molar-refractivity contribution in [1.29, 1.82) is 0 Å². The van der Waals surface area contributed by atoms with Crippen LogP contribution in [0.4, 0.5) is 0 Å². The van der Waals surface area contributed by atoms with E-state index in [1.165, 1.54) is 19.3 Å². The van der Waals surface area contributed by atoms with Gasteiger partial charge in [-0.1, -0.05) is 33.6 Å². The van der Waals surface area contributed by atoms with Gasteiger partial charge in [0, 0.05) is 0 Å². The van der Waals surface area contributed by atoms with Gasteiger partial charge in [0.15, 0.2) is 0 Å². The first-order valence-corrected chi connectivity index (χ1v) is 4.12. The van der Waals surface area contributed by atoms with E-state index in [-0.39, 0.29) is 0 Å². The highest BCUT2D eigenvalue weighted by Gasteiger charge is 1.75. The number of unbranched alkanes of at least 4 members (excludes halogenated alkanes) is 2. The Morgan fingerprint density at radius 3 is 1.60 bits per heavy atom. The van der Waals surface area contributed by atoms with Crippen molar-refractivity contribution in [1.82, 2.24) is 0 Å². The Balaban J connectivity index is -0.000000105. The number of nitrogens with two attached hydrogens (primary N) is 1. The first kappa shape index (κ1) is 16.4. The number of hydrogen-bond acceptors (Lipinski definition) is 1. The maximum atomic E-state index is 5.21. The Hall–Kier alpha value is -0.300. The van der Waals surface area contributed by atoms with Crippen molar-refractivity contribution in [3.8, 4) is 0 Å². The van der Waals surface area contributed by atoms with Crippen LogP contribution in [0.15, 0.2) is 13.2 Å². The SMILES string of the molecule is C=C.CC.CCCCCN.